The summed E-state index contributed by atoms with van der Waals surface area (Å²) in [6.45, 7) is 6.15. The molecule has 6 heteroatoms. The molecule has 1 aliphatic rings. The lowest BCUT2D eigenvalue weighted by Gasteiger charge is -2.32. The number of nitrogens with zero attached hydrogens (tertiary/aromatic N) is 3. The van der Waals surface area contributed by atoms with Crippen LogP contribution in [0.5, 0.6) is 0 Å². The van der Waals surface area contributed by atoms with Crippen molar-refractivity contribution in [2.45, 2.75) is 32.2 Å². The molecule has 1 amide bonds. The van der Waals surface area contributed by atoms with Crippen LogP contribution in [0, 0.1) is 0 Å². The second-order valence-electron chi connectivity index (χ2n) is 7.12. The van der Waals surface area contributed by atoms with Crippen LogP contribution in [-0.2, 0) is 5.54 Å². The van der Waals surface area contributed by atoms with Gasteiger partial charge in [-0.1, -0.05) is 18.5 Å². The van der Waals surface area contributed by atoms with E-state index in [0.717, 1.165) is 22.4 Å². The number of carbonyl (C=O) groups excluding carboxylic acids is 1. The highest BCUT2D eigenvalue weighted by Gasteiger charge is 2.44. The lowest BCUT2D eigenvalue weighted by Crippen LogP contribution is -2.39. The lowest BCUT2D eigenvalue weighted by atomic mass is 9.93. The van der Waals surface area contributed by atoms with Crippen LogP contribution in [0.15, 0.2) is 49.1 Å². The van der Waals surface area contributed by atoms with E-state index in [2.05, 4.69) is 22.1 Å². The number of aromatic nitrogens is 3. The van der Waals surface area contributed by atoms with Crippen molar-refractivity contribution < 1.29 is 4.79 Å². The third-order valence-corrected chi connectivity index (χ3v) is 5.39. The van der Waals surface area contributed by atoms with Crippen molar-refractivity contribution in [3.63, 3.8) is 0 Å². The summed E-state index contributed by atoms with van der Waals surface area (Å²) in [7, 11) is 0. The van der Waals surface area contributed by atoms with Gasteiger partial charge in [0.05, 0.1) is 23.6 Å². The fourth-order valence-corrected chi connectivity index (χ4v) is 3.81. The maximum absolute atomic E-state index is 13.1. The van der Waals surface area contributed by atoms with E-state index < -0.39 is 5.54 Å². The molecule has 0 aliphatic carbocycles. The molecule has 1 N–H and O–H groups in total. The predicted molar refractivity (Wildman–Crippen MR) is 102 cm³/mol. The number of hydrogen-bond acceptors (Lipinski definition) is 3. The molecule has 4 rings (SSSR count). The molecule has 3 aromatic rings. The summed E-state index contributed by atoms with van der Waals surface area (Å²) >= 11 is 6.16. The highest BCUT2D eigenvalue weighted by atomic mass is 35.5. The Morgan fingerprint density at radius 2 is 1.96 bits per heavy atom. The molecule has 1 atom stereocenters. The lowest BCUT2D eigenvalue weighted by molar-refractivity contribution is 0.0982. The summed E-state index contributed by atoms with van der Waals surface area (Å²) in [5.74, 6) is 0.0930. The Labute approximate surface area is 157 Å². The minimum atomic E-state index is -0.503. The van der Waals surface area contributed by atoms with Crippen molar-refractivity contribution in [2.75, 3.05) is 4.90 Å². The molecule has 26 heavy (non-hydrogen) atoms. The van der Waals surface area contributed by atoms with Gasteiger partial charge in [0.2, 0.25) is 0 Å². The second-order valence-corrected chi connectivity index (χ2v) is 7.56. The van der Waals surface area contributed by atoms with Gasteiger partial charge in [-0.3, -0.25) is 19.8 Å². The first-order valence-electron chi connectivity index (χ1n) is 8.48. The van der Waals surface area contributed by atoms with Crippen molar-refractivity contribution in [1.82, 2.24) is 15.2 Å². The number of aromatic amines is 1. The molecule has 1 aliphatic heterocycles. The number of nitrogens with one attached hydrogen (secondary N) is 1. The summed E-state index contributed by atoms with van der Waals surface area (Å²) in [6.07, 6.45) is 7.25. The summed E-state index contributed by atoms with van der Waals surface area (Å²) < 4.78 is 0. The first-order valence-corrected chi connectivity index (χ1v) is 8.85. The third-order valence-electron chi connectivity index (χ3n) is 5.16. The van der Waals surface area contributed by atoms with Crippen LogP contribution in [0.4, 0.5) is 5.69 Å². The molecule has 2 aromatic heterocycles. The fraction of sp³-hybridized carbons (Fsp3) is 0.250. The summed E-state index contributed by atoms with van der Waals surface area (Å²) in [5.41, 5.74) is 4.00. The smallest absolute Gasteiger partial charge is 0.259 e. The van der Waals surface area contributed by atoms with E-state index in [1.165, 1.54) is 0 Å². The number of hydrogen-bond donors (Lipinski definition) is 1. The molecule has 0 saturated carbocycles. The minimum Gasteiger partial charge on any atom is -0.297 e. The average molecular weight is 367 g/mol. The molecule has 0 fully saturated rings. The molecule has 0 bridgehead atoms. The predicted octanol–water partition coefficient (Wildman–Crippen LogP) is 4.51. The van der Waals surface area contributed by atoms with Crippen LogP contribution in [-0.4, -0.2) is 21.1 Å². The number of carbonyl (C=O) groups is 1. The van der Waals surface area contributed by atoms with Crippen molar-refractivity contribution in [2.24, 2.45) is 0 Å². The van der Waals surface area contributed by atoms with Gasteiger partial charge in [0.15, 0.2) is 0 Å². The normalized spacial score (nSPS) is 16.6. The van der Waals surface area contributed by atoms with Gasteiger partial charge in [-0.15, -0.1) is 0 Å². The number of H-pyrrole nitrogens is 1. The first kappa shape index (κ1) is 16.8. The van der Waals surface area contributed by atoms with Gasteiger partial charge >= 0.3 is 0 Å². The zero-order chi connectivity index (χ0) is 18.5. The molecule has 132 valence electrons. The number of rotatable bonds is 3. The SMILES string of the molecule is CC(c1cn[nH]c1)c1cncc(N2C(=O)c3ccc(Cl)cc3C2(C)C)c1. The Hall–Kier alpha value is -2.66. The third kappa shape index (κ3) is 2.51. The number of anilines is 1. The first-order chi connectivity index (χ1) is 12.4. The molecule has 3 heterocycles. The van der Waals surface area contributed by atoms with Crippen LogP contribution < -0.4 is 4.90 Å². The molecule has 1 unspecified atom stereocenters. The Morgan fingerprint density at radius 1 is 1.15 bits per heavy atom. The van der Waals surface area contributed by atoms with E-state index in [9.17, 15) is 4.79 Å². The van der Waals surface area contributed by atoms with Gasteiger partial charge in [0.25, 0.3) is 5.91 Å². The summed E-state index contributed by atoms with van der Waals surface area (Å²) in [5, 5.41) is 7.49. The Balaban J connectivity index is 1.77. The highest BCUT2D eigenvalue weighted by Crippen LogP contribution is 2.43. The van der Waals surface area contributed by atoms with Gasteiger partial charge in [-0.2, -0.15) is 5.10 Å². The van der Waals surface area contributed by atoms with Gasteiger partial charge in [0, 0.05) is 28.9 Å². The Bertz CT molecular complexity index is 981. The zero-order valence-electron chi connectivity index (χ0n) is 14.8. The monoisotopic (exact) mass is 366 g/mol. The second kappa shape index (κ2) is 5.95. The number of pyridine rings is 1. The van der Waals surface area contributed by atoms with Crippen molar-refractivity contribution in [1.29, 1.82) is 0 Å². The maximum atomic E-state index is 13.1. The molecule has 0 radical (unpaired) electrons. The number of benzene rings is 1. The average Bonchev–Trinajstić information content (AvgIpc) is 3.21. The molecule has 0 saturated heterocycles. The summed E-state index contributed by atoms with van der Waals surface area (Å²) in [6, 6.07) is 7.46. The molecule has 0 spiro atoms. The van der Waals surface area contributed by atoms with E-state index in [-0.39, 0.29) is 11.8 Å². The van der Waals surface area contributed by atoms with Crippen LogP contribution in [0.2, 0.25) is 5.02 Å². The zero-order valence-corrected chi connectivity index (χ0v) is 15.6. The molecule has 5 nitrogen and oxygen atoms in total. The van der Waals surface area contributed by atoms with Crippen LogP contribution >= 0.6 is 11.6 Å². The van der Waals surface area contributed by atoms with E-state index >= 15 is 0 Å². The van der Waals surface area contributed by atoms with E-state index in [0.29, 0.717) is 10.6 Å². The largest absolute Gasteiger partial charge is 0.297 e. The number of halogens is 1. The van der Waals surface area contributed by atoms with Crippen molar-refractivity contribution in [3.8, 4) is 0 Å². The van der Waals surface area contributed by atoms with Gasteiger partial charge in [-0.25, -0.2) is 0 Å². The number of amides is 1. The van der Waals surface area contributed by atoms with E-state index in [4.69, 9.17) is 11.6 Å². The quantitative estimate of drug-likeness (QED) is 0.742. The van der Waals surface area contributed by atoms with Gasteiger partial charge in [-0.05, 0) is 54.8 Å². The highest BCUT2D eigenvalue weighted by molar-refractivity contribution is 6.31. The fourth-order valence-electron chi connectivity index (χ4n) is 3.64. The molecule has 1 aromatic carbocycles. The topological polar surface area (TPSA) is 61.9 Å². The number of fused-ring (bicyclic) bond motifs is 1. The van der Waals surface area contributed by atoms with Crippen LogP contribution in [0.25, 0.3) is 0 Å². The van der Waals surface area contributed by atoms with E-state index in [1.54, 1.807) is 29.4 Å². The minimum absolute atomic E-state index is 0.0309. The standard InChI is InChI=1S/C20H19ClN4O/c1-12(14-9-23-24-10-14)13-6-16(11-22-8-13)25-19(26)17-5-4-15(21)7-18(17)20(25,2)3/h4-12H,1-3H3,(H,23,24). The van der Waals surface area contributed by atoms with Crippen molar-refractivity contribution >= 4 is 23.2 Å². The Morgan fingerprint density at radius 3 is 2.69 bits per heavy atom. The van der Waals surface area contributed by atoms with Crippen LogP contribution in [0.1, 0.15) is 53.7 Å². The maximum Gasteiger partial charge on any atom is 0.259 e. The Kier molecular flexibility index (Phi) is 3.84. The van der Waals surface area contributed by atoms with Gasteiger partial charge in [0.1, 0.15) is 0 Å². The molecular weight excluding hydrogens is 348 g/mol. The molecular formula is C20H19ClN4O. The van der Waals surface area contributed by atoms with Gasteiger partial charge < -0.3 is 0 Å². The van der Waals surface area contributed by atoms with Crippen LogP contribution in [0.3, 0.4) is 0 Å². The van der Waals surface area contributed by atoms with E-state index in [1.807, 2.05) is 38.4 Å². The summed E-state index contributed by atoms with van der Waals surface area (Å²) in [4.78, 5) is 19.3. The van der Waals surface area contributed by atoms with Crippen molar-refractivity contribution in [3.05, 3.63) is 76.3 Å².